The maximum atomic E-state index is 10.9. The van der Waals surface area contributed by atoms with Gasteiger partial charge in [0.05, 0.1) is 5.56 Å². The van der Waals surface area contributed by atoms with E-state index in [0.29, 0.717) is 5.56 Å². The van der Waals surface area contributed by atoms with E-state index in [1.165, 1.54) is 11.8 Å². The van der Waals surface area contributed by atoms with Crippen LogP contribution in [0.3, 0.4) is 0 Å². The van der Waals surface area contributed by atoms with Crippen molar-refractivity contribution in [3.05, 3.63) is 58.6 Å². The van der Waals surface area contributed by atoms with Gasteiger partial charge in [-0.15, -0.1) is 0 Å². The topological polar surface area (TPSA) is 37.3 Å². The molecule has 0 fully saturated rings. The molecule has 0 aromatic heterocycles. The van der Waals surface area contributed by atoms with Crippen molar-refractivity contribution < 1.29 is 9.90 Å². The molecule has 0 bridgehead atoms. The minimum Gasteiger partial charge on any atom is -0.478 e. The van der Waals surface area contributed by atoms with Crippen LogP contribution in [0.15, 0.2) is 62.8 Å². The van der Waals surface area contributed by atoms with E-state index in [4.69, 9.17) is 5.11 Å². The summed E-state index contributed by atoms with van der Waals surface area (Å²) < 4.78 is 1.01. The van der Waals surface area contributed by atoms with E-state index >= 15 is 0 Å². The van der Waals surface area contributed by atoms with E-state index in [1.54, 1.807) is 18.2 Å². The van der Waals surface area contributed by atoms with Crippen LogP contribution >= 0.6 is 27.7 Å². The van der Waals surface area contributed by atoms with Crippen LogP contribution < -0.4 is 0 Å². The Hall–Kier alpha value is -1.26. The van der Waals surface area contributed by atoms with Gasteiger partial charge in [-0.3, -0.25) is 0 Å². The number of rotatable bonds is 3. The predicted molar refractivity (Wildman–Crippen MR) is 71.7 cm³/mol. The lowest BCUT2D eigenvalue weighted by Gasteiger charge is -2.04. The maximum Gasteiger partial charge on any atom is 0.335 e. The molecule has 0 aliphatic carbocycles. The van der Waals surface area contributed by atoms with Gasteiger partial charge in [-0.05, 0) is 46.3 Å². The summed E-state index contributed by atoms with van der Waals surface area (Å²) in [5, 5.41) is 8.91. The van der Waals surface area contributed by atoms with Crippen molar-refractivity contribution in [3.63, 3.8) is 0 Å². The smallest absolute Gasteiger partial charge is 0.335 e. The van der Waals surface area contributed by atoms with E-state index in [9.17, 15) is 4.79 Å². The maximum absolute atomic E-state index is 10.9. The SMILES string of the molecule is O=C(O)c1cccc(Sc2ccccc2Br)c1. The molecule has 4 heteroatoms. The highest BCUT2D eigenvalue weighted by Crippen LogP contribution is 2.33. The number of halogens is 1. The molecular formula is C13H9BrO2S. The number of carboxylic acid groups (broad SMARTS) is 1. The molecule has 0 aliphatic heterocycles. The fraction of sp³-hybridized carbons (Fsp3) is 0. The number of carbonyl (C=O) groups is 1. The van der Waals surface area contributed by atoms with Crippen LogP contribution in [0, 0.1) is 0 Å². The van der Waals surface area contributed by atoms with Gasteiger partial charge < -0.3 is 5.11 Å². The summed E-state index contributed by atoms with van der Waals surface area (Å²) in [7, 11) is 0. The average Bonchev–Trinajstić information content (AvgIpc) is 2.32. The molecule has 2 rings (SSSR count). The first-order valence-electron chi connectivity index (χ1n) is 4.92. The lowest BCUT2D eigenvalue weighted by atomic mass is 10.2. The summed E-state index contributed by atoms with van der Waals surface area (Å²) in [5.74, 6) is -0.903. The second kappa shape index (κ2) is 5.38. The molecule has 1 N–H and O–H groups in total. The van der Waals surface area contributed by atoms with Crippen LogP contribution in [0.5, 0.6) is 0 Å². The molecule has 2 aromatic rings. The largest absolute Gasteiger partial charge is 0.478 e. The molecule has 0 unspecified atom stereocenters. The zero-order valence-corrected chi connectivity index (χ0v) is 11.2. The molecule has 86 valence electrons. The number of carboxylic acids is 1. The quantitative estimate of drug-likeness (QED) is 0.918. The zero-order valence-electron chi connectivity index (χ0n) is 8.76. The Kier molecular flexibility index (Phi) is 3.86. The summed E-state index contributed by atoms with van der Waals surface area (Å²) >= 11 is 5.00. The Morgan fingerprint density at radius 3 is 2.59 bits per heavy atom. The van der Waals surface area contributed by atoms with Crippen LogP contribution in [0.4, 0.5) is 0 Å². The normalized spacial score (nSPS) is 10.2. The van der Waals surface area contributed by atoms with E-state index in [0.717, 1.165) is 14.3 Å². The summed E-state index contributed by atoms with van der Waals surface area (Å²) in [4.78, 5) is 12.8. The fourth-order valence-electron chi connectivity index (χ4n) is 1.35. The van der Waals surface area contributed by atoms with Gasteiger partial charge in [-0.2, -0.15) is 0 Å². The Morgan fingerprint density at radius 2 is 1.88 bits per heavy atom. The first-order chi connectivity index (χ1) is 8.16. The molecule has 0 saturated heterocycles. The second-order valence-corrected chi connectivity index (χ2v) is 5.34. The average molecular weight is 309 g/mol. The highest BCUT2D eigenvalue weighted by molar-refractivity contribution is 9.10. The minimum absolute atomic E-state index is 0.307. The molecule has 0 radical (unpaired) electrons. The summed E-state index contributed by atoms with van der Waals surface area (Å²) in [6.45, 7) is 0. The number of hydrogen-bond donors (Lipinski definition) is 1. The second-order valence-electron chi connectivity index (χ2n) is 3.37. The highest BCUT2D eigenvalue weighted by atomic mass is 79.9. The van der Waals surface area contributed by atoms with Gasteiger partial charge in [0.15, 0.2) is 0 Å². The standard InChI is InChI=1S/C13H9BrO2S/c14-11-6-1-2-7-12(11)17-10-5-3-4-9(8-10)13(15)16/h1-8H,(H,15,16). The molecule has 0 heterocycles. The van der Waals surface area contributed by atoms with Crippen molar-refractivity contribution >= 4 is 33.7 Å². The first-order valence-corrected chi connectivity index (χ1v) is 6.53. The third kappa shape index (κ3) is 3.11. The van der Waals surface area contributed by atoms with Crippen molar-refractivity contribution in [2.24, 2.45) is 0 Å². The first kappa shape index (κ1) is 12.2. The van der Waals surface area contributed by atoms with E-state index in [2.05, 4.69) is 15.9 Å². The third-order valence-electron chi connectivity index (χ3n) is 2.15. The zero-order chi connectivity index (χ0) is 12.3. The van der Waals surface area contributed by atoms with Crippen molar-refractivity contribution in [1.29, 1.82) is 0 Å². The van der Waals surface area contributed by atoms with E-state index in [1.807, 2.05) is 30.3 Å². The Morgan fingerprint density at radius 1 is 1.12 bits per heavy atom. The Balaban J connectivity index is 2.28. The van der Waals surface area contributed by atoms with Gasteiger partial charge in [0.1, 0.15) is 0 Å². The van der Waals surface area contributed by atoms with E-state index < -0.39 is 5.97 Å². The van der Waals surface area contributed by atoms with Crippen LogP contribution in [-0.2, 0) is 0 Å². The Labute approximate surface area is 112 Å². The predicted octanol–water partition coefficient (Wildman–Crippen LogP) is 4.30. The van der Waals surface area contributed by atoms with Crippen LogP contribution in [0.25, 0.3) is 0 Å². The molecule has 17 heavy (non-hydrogen) atoms. The van der Waals surface area contributed by atoms with E-state index in [-0.39, 0.29) is 0 Å². The lowest BCUT2D eigenvalue weighted by Crippen LogP contribution is -1.95. The molecule has 0 aliphatic rings. The Bertz CT molecular complexity index is 555. The lowest BCUT2D eigenvalue weighted by molar-refractivity contribution is 0.0696. The third-order valence-corrected chi connectivity index (χ3v) is 4.16. The minimum atomic E-state index is -0.903. The summed E-state index contributed by atoms with van der Waals surface area (Å²) in [6.07, 6.45) is 0. The highest BCUT2D eigenvalue weighted by Gasteiger charge is 2.05. The van der Waals surface area contributed by atoms with Gasteiger partial charge >= 0.3 is 5.97 Å². The molecule has 2 aromatic carbocycles. The van der Waals surface area contributed by atoms with Crippen LogP contribution in [0.1, 0.15) is 10.4 Å². The van der Waals surface area contributed by atoms with Crippen molar-refractivity contribution in [2.45, 2.75) is 9.79 Å². The fourth-order valence-corrected chi connectivity index (χ4v) is 2.77. The molecule has 0 spiro atoms. The number of benzene rings is 2. The van der Waals surface area contributed by atoms with Crippen molar-refractivity contribution in [1.82, 2.24) is 0 Å². The van der Waals surface area contributed by atoms with Crippen LogP contribution in [0.2, 0.25) is 0 Å². The molecule has 0 amide bonds. The van der Waals surface area contributed by atoms with Gasteiger partial charge in [-0.25, -0.2) is 4.79 Å². The van der Waals surface area contributed by atoms with Gasteiger partial charge in [0, 0.05) is 14.3 Å². The number of hydrogen-bond acceptors (Lipinski definition) is 2. The monoisotopic (exact) mass is 308 g/mol. The number of aromatic carboxylic acids is 1. The van der Waals surface area contributed by atoms with Gasteiger partial charge in [-0.1, -0.05) is 30.0 Å². The van der Waals surface area contributed by atoms with Crippen LogP contribution in [-0.4, -0.2) is 11.1 Å². The van der Waals surface area contributed by atoms with Crippen molar-refractivity contribution in [3.8, 4) is 0 Å². The van der Waals surface area contributed by atoms with Gasteiger partial charge in [0.2, 0.25) is 0 Å². The molecular weight excluding hydrogens is 300 g/mol. The molecule has 0 atom stereocenters. The molecule has 2 nitrogen and oxygen atoms in total. The summed E-state index contributed by atoms with van der Waals surface area (Å²) in [5.41, 5.74) is 0.307. The summed E-state index contributed by atoms with van der Waals surface area (Å²) in [6, 6.07) is 14.8. The molecule has 0 saturated carbocycles. The van der Waals surface area contributed by atoms with Crippen molar-refractivity contribution in [2.75, 3.05) is 0 Å². The van der Waals surface area contributed by atoms with Gasteiger partial charge in [0.25, 0.3) is 0 Å².